The molecule has 0 heterocycles. The van der Waals surface area contributed by atoms with Gasteiger partial charge in [-0.05, 0) is 33.4 Å². The minimum absolute atomic E-state index is 0.0140. The first-order valence-electron chi connectivity index (χ1n) is 7.93. The maximum Gasteiger partial charge on any atom is 0.00232 e. The van der Waals surface area contributed by atoms with Gasteiger partial charge < -0.3 is 0 Å². The lowest BCUT2D eigenvalue weighted by molar-refractivity contribution is 0.634. The van der Waals surface area contributed by atoms with Crippen LogP contribution in [-0.4, -0.2) is 0 Å². The molecule has 0 unspecified atom stereocenters. The molecule has 0 heteroatoms. The van der Waals surface area contributed by atoms with Crippen molar-refractivity contribution in [3.05, 3.63) is 108 Å². The Morgan fingerprint density at radius 2 is 1.00 bits per heavy atom. The van der Waals surface area contributed by atoms with Gasteiger partial charge in [-0.15, -0.1) is 0 Å². The van der Waals surface area contributed by atoms with E-state index in [1.54, 1.807) is 0 Å². The number of hydrogen-bond donors (Lipinski definition) is 0. The molecule has 0 amide bonds. The molecule has 1 aliphatic carbocycles. The SMILES string of the molecule is C=C(C1=CC(C)(C)C=C1C(=C)c1ccccc1)c1ccccc1. The van der Waals surface area contributed by atoms with Gasteiger partial charge in [-0.1, -0.05) is 99.8 Å². The fraction of sp³-hybridized carbons (Fsp3) is 0.130. The minimum Gasteiger partial charge on any atom is -0.0905 e. The molecule has 0 saturated heterocycles. The minimum atomic E-state index is 0.0140. The third-order valence-electron chi connectivity index (χ3n) is 4.22. The second-order valence-electron chi connectivity index (χ2n) is 6.63. The maximum atomic E-state index is 4.35. The lowest BCUT2D eigenvalue weighted by Crippen LogP contribution is -1.98. The van der Waals surface area contributed by atoms with E-state index < -0.39 is 0 Å². The third-order valence-corrected chi connectivity index (χ3v) is 4.22. The van der Waals surface area contributed by atoms with Crippen LogP contribution in [0.2, 0.25) is 0 Å². The van der Waals surface area contributed by atoms with Crippen molar-refractivity contribution in [3.8, 4) is 0 Å². The average Bonchev–Trinajstić information content (AvgIpc) is 2.91. The summed E-state index contributed by atoms with van der Waals surface area (Å²) in [7, 11) is 0. The van der Waals surface area contributed by atoms with E-state index in [0.29, 0.717) is 0 Å². The van der Waals surface area contributed by atoms with Crippen LogP contribution in [0.15, 0.2) is 97.1 Å². The Labute approximate surface area is 139 Å². The summed E-state index contributed by atoms with van der Waals surface area (Å²) in [4.78, 5) is 0. The molecule has 0 saturated carbocycles. The number of hydrogen-bond acceptors (Lipinski definition) is 0. The second-order valence-corrected chi connectivity index (χ2v) is 6.63. The topological polar surface area (TPSA) is 0 Å². The molecular formula is C23H22. The van der Waals surface area contributed by atoms with E-state index >= 15 is 0 Å². The van der Waals surface area contributed by atoms with E-state index in [2.05, 4.69) is 87.7 Å². The van der Waals surface area contributed by atoms with Crippen molar-refractivity contribution in [2.24, 2.45) is 5.41 Å². The van der Waals surface area contributed by atoms with Crippen LogP contribution < -0.4 is 0 Å². The summed E-state index contributed by atoms with van der Waals surface area (Å²) in [5, 5.41) is 0. The van der Waals surface area contributed by atoms with Crippen molar-refractivity contribution in [2.75, 3.05) is 0 Å². The van der Waals surface area contributed by atoms with Gasteiger partial charge in [0.2, 0.25) is 0 Å². The molecule has 2 aromatic carbocycles. The van der Waals surface area contributed by atoms with Crippen molar-refractivity contribution in [3.63, 3.8) is 0 Å². The highest BCUT2D eigenvalue weighted by Crippen LogP contribution is 2.44. The Hall–Kier alpha value is -2.60. The van der Waals surface area contributed by atoms with Gasteiger partial charge in [0.05, 0.1) is 0 Å². The normalized spacial score (nSPS) is 15.7. The summed E-state index contributed by atoms with van der Waals surface area (Å²) in [6, 6.07) is 20.7. The maximum absolute atomic E-state index is 4.35. The predicted octanol–water partition coefficient (Wildman–Crippen LogP) is 6.31. The number of benzene rings is 2. The Kier molecular flexibility index (Phi) is 3.92. The van der Waals surface area contributed by atoms with E-state index in [0.717, 1.165) is 22.3 Å². The Morgan fingerprint density at radius 1 is 0.652 bits per heavy atom. The molecule has 0 fully saturated rings. The summed E-state index contributed by atoms with van der Waals surface area (Å²) < 4.78 is 0. The summed E-state index contributed by atoms with van der Waals surface area (Å²) in [6.07, 6.45) is 4.59. The van der Waals surface area contributed by atoms with Crippen LogP contribution in [0.1, 0.15) is 25.0 Å². The summed E-state index contributed by atoms with van der Waals surface area (Å²) in [5.74, 6) is 0. The van der Waals surface area contributed by atoms with Crippen LogP contribution in [-0.2, 0) is 0 Å². The van der Waals surface area contributed by atoms with Gasteiger partial charge in [0, 0.05) is 5.41 Å². The van der Waals surface area contributed by atoms with Crippen molar-refractivity contribution in [2.45, 2.75) is 13.8 Å². The molecule has 0 spiro atoms. The zero-order valence-electron chi connectivity index (χ0n) is 13.8. The molecule has 114 valence electrons. The first kappa shape index (κ1) is 15.3. The molecule has 2 aromatic rings. The molecule has 0 N–H and O–H groups in total. The summed E-state index contributed by atoms with van der Waals surface area (Å²) >= 11 is 0. The van der Waals surface area contributed by atoms with E-state index in [9.17, 15) is 0 Å². The smallest absolute Gasteiger partial charge is 0.00232 e. The first-order chi connectivity index (χ1) is 11.0. The molecule has 0 aliphatic heterocycles. The van der Waals surface area contributed by atoms with Gasteiger partial charge in [-0.3, -0.25) is 0 Å². The molecule has 0 radical (unpaired) electrons. The van der Waals surface area contributed by atoms with Crippen LogP contribution in [0.5, 0.6) is 0 Å². The molecule has 23 heavy (non-hydrogen) atoms. The molecule has 0 aromatic heterocycles. The zero-order chi connectivity index (χ0) is 16.4. The van der Waals surface area contributed by atoms with Gasteiger partial charge in [0.15, 0.2) is 0 Å². The van der Waals surface area contributed by atoms with E-state index in [1.807, 2.05) is 12.1 Å². The standard InChI is InChI=1S/C23H22/c1-17(19-11-7-5-8-12-19)21-15-23(3,4)16-22(21)18(2)20-13-9-6-10-14-20/h5-16H,1-2H2,3-4H3. The molecular weight excluding hydrogens is 276 g/mol. The fourth-order valence-corrected chi connectivity index (χ4v) is 3.03. The molecule has 0 bridgehead atoms. The van der Waals surface area contributed by atoms with Crippen molar-refractivity contribution < 1.29 is 0 Å². The monoisotopic (exact) mass is 298 g/mol. The second kappa shape index (κ2) is 5.89. The highest BCUT2D eigenvalue weighted by Gasteiger charge is 2.27. The van der Waals surface area contributed by atoms with Crippen LogP contribution in [0.25, 0.3) is 11.1 Å². The van der Waals surface area contributed by atoms with Crippen LogP contribution in [0.3, 0.4) is 0 Å². The zero-order valence-corrected chi connectivity index (χ0v) is 13.8. The lowest BCUT2D eigenvalue weighted by Gasteiger charge is -2.14. The van der Waals surface area contributed by atoms with Crippen LogP contribution in [0.4, 0.5) is 0 Å². The van der Waals surface area contributed by atoms with Crippen molar-refractivity contribution in [1.82, 2.24) is 0 Å². The third kappa shape index (κ3) is 3.12. The highest BCUT2D eigenvalue weighted by atomic mass is 14.3. The molecule has 0 nitrogen and oxygen atoms in total. The van der Waals surface area contributed by atoms with Gasteiger partial charge >= 0.3 is 0 Å². The predicted molar refractivity (Wildman–Crippen MR) is 101 cm³/mol. The Bertz CT molecular complexity index is 730. The largest absolute Gasteiger partial charge is 0.0905 e. The van der Waals surface area contributed by atoms with E-state index in [-0.39, 0.29) is 5.41 Å². The molecule has 1 aliphatic rings. The first-order valence-corrected chi connectivity index (χ1v) is 7.93. The van der Waals surface area contributed by atoms with Gasteiger partial charge in [-0.25, -0.2) is 0 Å². The van der Waals surface area contributed by atoms with Gasteiger partial charge in [0.25, 0.3) is 0 Å². The van der Waals surface area contributed by atoms with Crippen LogP contribution in [0, 0.1) is 5.41 Å². The van der Waals surface area contributed by atoms with Crippen LogP contribution >= 0.6 is 0 Å². The van der Waals surface area contributed by atoms with E-state index in [1.165, 1.54) is 11.1 Å². The van der Waals surface area contributed by atoms with Gasteiger partial charge in [-0.2, -0.15) is 0 Å². The van der Waals surface area contributed by atoms with Crippen molar-refractivity contribution >= 4 is 11.1 Å². The quantitative estimate of drug-likeness (QED) is 0.621. The van der Waals surface area contributed by atoms with Gasteiger partial charge in [0.1, 0.15) is 0 Å². The molecule has 3 rings (SSSR count). The Balaban J connectivity index is 2.01. The molecule has 0 atom stereocenters. The van der Waals surface area contributed by atoms with Crippen molar-refractivity contribution in [1.29, 1.82) is 0 Å². The van der Waals surface area contributed by atoms with E-state index in [4.69, 9.17) is 0 Å². The number of rotatable bonds is 4. The summed E-state index contributed by atoms with van der Waals surface area (Å²) in [6.45, 7) is 13.1. The number of allylic oxidation sites excluding steroid dienone is 6. The summed E-state index contributed by atoms with van der Waals surface area (Å²) in [5.41, 5.74) is 6.82. The average molecular weight is 298 g/mol. The lowest BCUT2D eigenvalue weighted by atomic mass is 9.89. The fourth-order valence-electron chi connectivity index (χ4n) is 3.03. The highest BCUT2D eigenvalue weighted by molar-refractivity contribution is 5.95. The Morgan fingerprint density at radius 3 is 1.35 bits per heavy atom.